The second-order valence-corrected chi connectivity index (χ2v) is 6.03. The zero-order valence-corrected chi connectivity index (χ0v) is 13.9. The average Bonchev–Trinajstić information content (AvgIpc) is 2.95. The number of allylic oxidation sites excluding steroid dienone is 1. The summed E-state index contributed by atoms with van der Waals surface area (Å²) in [6.07, 6.45) is 0. The largest absolute Gasteiger partial charge is 0.438 e. The molecule has 0 spiro atoms. The first kappa shape index (κ1) is 15.9. The summed E-state index contributed by atoms with van der Waals surface area (Å²) in [7, 11) is 0. The van der Waals surface area contributed by atoms with E-state index in [1.807, 2.05) is 12.1 Å². The van der Waals surface area contributed by atoms with Crippen LogP contribution in [0.3, 0.4) is 0 Å². The number of ether oxygens (including phenoxy) is 1. The van der Waals surface area contributed by atoms with Gasteiger partial charge in [-0.1, -0.05) is 30.3 Å². The van der Waals surface area contributed by atoms with E-state index in [1.165, 1.54) is 17.6 Å². The highest BCUT2D eigenvalue weighted by atomic mass is 19.1. The molecule has 3 aromatic rings. The number of halogens is 1. The van der Waals surface area contributed by atoms with Crippen LogP contribution < -0.4 is 10.5 Å². The molecule has 0 unspecified atom stereocenters. The molecule has 0 aliphatic carbocycles. The van der Waals surface area contributed by atoms with Gasteiger partial charge in [0.15, 0.2) is 5.75 Å². The Bertz CT molecular complexity index is 1140. The van der Waals surface area contributed by atoms with Crippen LogP contribution in [0, 0.1) is 17.1 Å². The number of hydrogen-bond acceptors (Lipinski definition) is 4. The first-order valence-corrected chi connectivity index (χ1v) is 8.01. The minimum Gasteiger partial charge on any atom is -0.438 e. The molecule has 0 bridgehead atoms. The van der Waals surface area contributed by atoms with Crippen LogP contribution in [0.4, 0.5) is 4.39 Å². The van der Waals surface area contributed by atoms with Gasteiger partial charge in [-0.25, -0.2) is 4.39 Å². The molecule has 1 aromatic heterocycles. The minimum atomic E-state index is -0.832. The Morgan fingerprint density at radius 3 is 2.62 bits per heavy atom. The highest BCUT2D eigenvalue weighted by Gasteiger charge is 2.38. The number of carbonyl (C=O) groups is 1. The summed E-state index contributed by atoms with van der Waals surface area (Å²) in [4.78, 5) is 12.4. The third-order valence-electron chi connectivity index (χ3n) is 4.55. The van der Waals surface area contributed by atoms with Gasteiger partial charge in [-0.05, 0) is 18.2 Å². The molecule has 4 rings (SSSR count). The molecule has 0 saturated heterocycles. The van der Waals surface area contributed by atoms with Gasteiger partial charge in [0.2, 0.25) is 11.8 Å². The van der Waals surface area contributed by atoms with E-state index in [0.717, 1.165) is 0 Å². The summed E-state index contributed by atoms with van der Waals surface area (Å²) in [5, 5.41) is 10.3. The number of nitrogens with two attached hydrogens (primary N) is 1. The predicted molar refractivity (Wildman–Crippen MR) is 93.9 cm³/mol. The standard InChI is InChI=1S/C20H14FN3O2/c1-11(25)24-16-9-5-3-7-13(16)19-18(24)17(14(10-22)20(23)26-19)12-6-2-4-8-15(12)21/h2-9,17H,23H2,1H3/t17-/m1/s1. The fourth-order valence-electron chi connectivity index (χ4n) is 3.51. The lowest BCUT2D eigenvalue weighted by Gasteiger charge is -2.26. The molecule has 1 aliphatic rings. The zero-order valence-electron chi connectivity index (χ0n) is 13.9. The molecule has 0 radical (unpaired) electrons. The Labute approximate surface area is 148 Å². The van der Waals surface area contributed by atoms with Crippen LogP contribution in [0.5, 0.6) is 5.75 Å². The normalized spacial score (nSPS) is 16.1. The second kappa shape index (κ2) is 5.74. The van der Waals surface area contributed by atoms with Gasteiger partial charge in [-0.3, -0.25) is 9.36 Å². The summed E-state index contributed by atoms with van der Waals surface area (Å²) in [5.41, 5.74) is 7.35. The molecule has 2 heterocycles. The fourth-order valence-corrected chi connectivity index (χ4v) is 3.51. The van der Waals surface area contributed by atoms with E-state index in [1.54, 1.807) is 36.4 Å². The number of nitrogens with zero attached hydrogens (tertiary/aromatic N) is 2. The Kier molecular flexibility index (Phi) is 3.51. The number of rotatable bonds is 1. The number of aromatic nitrogens is 1. The summed E-state index contributed by atoms with van der Waals surface area (Å²) in [6.45, 7) is 1.42. The summed E-state index contributed by atoms with van der Waals surface area (Å²) in [5.74, 6) is -1.28. The monoisotopic (exact) mass is 347 g/mol. The van der Waals surface area contributed by atoms with Crippen LogP contribution in [0.2, 0.25) is 0 Å². The van der Waals surface area contributed by atoms with E-state index in [-0.39, 0.29) is 22.9 Å². The van der Waals surface area contributed by atoms with Crippen molar-refractivity contribution >= 4 is 16.8 Å². The van der Waals surface area contributed by atoms with Crippen molar-refractivity contribution in [2.75, 3.05) is 0 Å². The van der Waals surface area contributed by atoms with Crippen LogP contribution in [0.15, 0.2) is 60.0 Å². The molecular weight excluding hydrogens is 333 g/mol. The quantitative estimate of drug-likeness (QED) is 0.728. The van der Waals surface area contributed by atoms with Crippen molar-refractivity contribution in [1.29, 1.82) is 5.26 Å². The van der Waals surface area contributed by atoms with E-state index in [4.69, 9.17) is 10.5 Å². The fraction of sp³-hybridized carbons (Fsp3) is 0.100. The van der Waals surface area contributed by atoms with E-state index >= 15 is 0 Å². The molecule has 1 atom stereocenters. The lowest BCUT2D eigenvalue weighted by Crippen LogP contribution is -2.24. The maximum Gasteiger partial charge on any atom is 0.228 e. The van der Waals surface area contributed by atoms with Gasteiger partial charge >= 0.3 is 0 Å². The van der Waals surface area contributed by atoms with Gasteiger partial charge in [-0.2, -0.15) is 5.26 Å². The maximum atomic E-state index is 14.6. The molecule has 128 valence electrons. The first-order chi connectivity index (χ1) is 12.5. The van der Waals surface area contributed by atoms with Gasteiger partial charge in [0.05, 0.1) is 17.1 Å². The summed E-state index contributed by atoms with van der Waals surface area (Å²) in [6, 6.07) is 15.4. The van der Waals surface area contributed by atoms with E-state index < -0.39 is 11.7 Å². The van der Waals surface area contributed by atoms with Gasteiger partial charge in [-0.15, -0.1) is 0 Å². The molecule has 5 nitrogen and oxygen atoms in total. The Morgan fingerprint density at radius 1 is 1.23 bits per heavy atom. The van der Waals surface area contributed by atoms with Crippen molar-refractivity contribution < 1.29 is 13.9 Å². The molecule has 0 amide bonds. The zero-order chi connectivity index (χ0) is 18.4. The van der Waals surface area contributed by atoms with Crippen molar-refractivity contribution in [3.63, 3.8) is 0 Å². The Balaban J connectivity index is 2.15. The third kappa shape index (κ3) is 2.11. The van der Waals surface area contributed by atoms with Crippen molar-refractivity contribution in [3.8, 4) is 11.8 Å². The van der Waals surface area contributed by atoms with E-state index in [0.29, 0.717) is 22.3 Å². The van der Waals surface area contributed by atoms with Crippen molar-refractivity contribution in [3.05, 3.63) is 77.1 Å². The van der Waals surface area contributed by atoms with Crippen molar-refractivity contribution in [2.45, 2.75) is 12.8 Å². The molecule has 0 fully saturated rings. The molecule has 2 aromatic carbocycles. The first-order valence-electron chi connectivity index (χ1n) is 8.01. The molecule has 2 N–H and O–H groups in total. The second-order valence-electron chi connectivity index (χ2n) is 6.03. The average molecular weight is 347 g/mol. The lowest BCUT2D eigenvalue weighted by atomic mass is 9.86. The van der Waals surface area contributed by atoms with Crippen LogP contribution >= 0.6 is 0 Å². The van der Waals surface area contributed by atoms with E-state index in [9.17, 15) is 14.4 Å². The van der Waals surface area contributed by atoms with Gasteiger partial charge in [0.25, 0.3) is 0 Å². The highest BCUT2D eigenvalue weighted by Crippen LogP contribution is 2.47. The van der Waals surface area contributed by atoms with Crippen molar-refractivity contribution in [1.82, 2.24) is 4.57 Å². The van der Waals surface area contributed by atoms with Crippen LogP contribution in [-0.4, -0.2) is 10.5 Å². The molecule has 26 heavy (non-hydrogen) atoms. The highest BCUT2D eigenvalue weighted by molar-refractivity contribution is 5.98. The molecule has 6 heteroatoms. The van der Waals surface area contributed by atoms with Gasteiger partial charge in [0, 0.05) is 17.9 Å². The number of carbonyl (C=O) groups excluding carboxylic acids is 1. The topological polar surface area (TPSA) is 81.0 Å². The van der Waals surface area contributed by atoms with Gasteiger partial charge < -0.3 is 10.5 Å². The van der Waals surface area contributed by atoms with Crippen LogP contribution in [0.1, 0.15) is 28.9 Å². The number of benzene rings is 2. The molecule has 1 aliphatic heterocycles. The van der Waals surface area contributed by atoms with Crippen LogP contribution in [0.25, 0.3) is 10.9 Å². The summed E-state index contributed by atoms with van der Waals surface area (Å²) < 4.78 is 21.8. The predicted octanol–water partition coefficient (Wildman–Crippen LogP) is 3.66. The van der Waals surface area contributed by atoms with Crippen molar-refractivity contribution in [2.24, 2.45) is 5.73 Å². The third-order valence-corrected chi connectivity index (χ3v) is 4.55. The van der Waals surface area contributed by atoms with Crippen LogP contribution in [-0.2, 0) is 0 Å². The molecule has 0 saturated carbocycles. The number of nitriles is 1. The maximum absolute atomic E-state index is 14.6. The van der Waals surface area contributed by atoms with E-state index in [2.05, 4.69) is 0 Å². The number of fused-ring (bicyclic) bond motifs is 3. The number of para-hydroxylation sites is 1. The van der Waals surface area contributed by atoms with Gasteiger partial charge in [0.1, 0.15) is 17.5 Å². The molecular formula is C20H14FN3O2. The smallest absolute Gasteiger partial charge is 0.228 e. The lowest BCUT2D eigenvalue weighted by molar-refractivity contribution is 0.0937. The Hall–Kier alpha value is -3.59. The number of hydrogen-bond donors (Lipinski definition) is 1. The minimum absolute atomic E-state index is 0.0768. The SMILES string of the molecule is CC(=O)n1c2c(c3ccccc31)OC(N)=C(C#N)[C@H]2c1ccccc1F. The summed E-state index contributed by atoms with van der Waals surface area (Å²) >= 11 is 0. The Morgan fingerprint density at radius 2 is 1.92 bits per heavy atom.